The first-order valence-electron chi connectivity index (χ1n) is 6.15. The zero-order valence-electron chi connectivity index (χ0n) is 10.6. The summed E-state index contributed by atoms with van der Waals surface area (Å²) in [6, 6.07) is 11.0. The van der Waals surface area contributed by atoms with Crippen LogP contribution in [0.3, 0.4) is 0 Å². The lowest BCUT2D eigenvalue weighted by Crippen LogP contribution is -2.02. The van der Waals surface area contributed by atoms with Crippen molar-refractivity contribution in [3.8, 4) is 0 Å². The van der Waals surface area contributed by atoms with Crippen LogP contribution in [0, 0.1) is 12.7 Å². The number of rotatable bonds is 3. The molecule has 0 saturated heterocycles. The number of benzene rings is 2. The molecule has 1 aromatic heterocycles. The quantitative estimate of drug-likeness (QED) is 0.750. The first kappa shape index (κ1) is 11.7. The van der Waals surface area contributed by atoms with Crippen molar-refractivity contribution in [3.63, 3.8) is 0 Å². The highest BCUT2D eigenvalue weighted by Gasteiger charge is 2.05. The number of fused-ring (bicyclic) bond motifs is 1. The molecule has 0 radical (unpaired) electrons. The summed E-state index contributed by atoms with van der Waals surface area (Å²) in [7, 11) is 0. The van der Waals surface area contributed by atoms with Crippen molar-refractivity contribution in [2.24, 2.45) is 0 Å². The predicted octanol–water partition coefficient (Wildman–Crippen LogP) is 3.62. The normalized spacial score (nSPS) is 10.8. The molecule has 3 aromatic rings. The van der Waals surface area contributed by atoms with E-state index in [1.807, 2.05) is 31.2 Å². The fourth-order valence-electron chi connectivity index (χ4n) is 2.15. The Hall–Kier alpha value is -2.36. The Labute approximate surface area is 110 Å². The molecule has 3 rings (SSSR count). The van der Waals surface area contributed by atoms with Crippen LogP contribution in [0.4, 0.5) is 10.1 Å². The van der Waals surface area contributed by atoms with Crippen molar-refractivity contribution in [1.82, 2.24) is 10.2 Å². The first-order valence-corrected chi connectivity index (χ1v) is 6.15. The van der Waals surface area contributed by atoms with Crippen molar-refractivity contribution in [3.05, 3.63) is 59.5 Å². The van der Waals surface area contributed by atoms with Crippen LogP contribution >= 0.6 is 0 Å². The number of anilines is 1. The molecule has 0 atom stereocenters. The minimum Gasteiger partial charge on any atom is -0.380 e. The van der Waals surface area contributed by atoms with E-state index < -0.39 is 0 Å². The van der Waals surface area contributed by atoms with E-state index in [4.69, 9.17) is 0 Å². The van der Waals surface area contributed by atoms with Gasteiger partial charge in [0.2, 0.25) is 0 Å². The molecular formula is C15H14FN3. The molecule has 2 aromatic carbocycles. The number of nitrogens with zero attached hydrogens (tertiary/aromatic N) is 1. The van der Waals surface area contributed by atoms with Gasteiger partial charge in [0.15, 0.2) is 0 Å². The summed E-state index contributed by atoms with van der Waals surface area (Å²) >= 11 is 0. The summed E-state index contributed by atoms with van der Waals surface area (Å²) in [5.74, 6) is -0.183. The molecule has 0 unspecified atom stereocenters. The second-order valence-corrected chi connectivity index (χ2v) is 4.59. The van der Waals surface area contributed by atoms with Gasteiger partial charge in [-0.2, -0.15) is 5.10 Å². The van der Waals surface area contributed by atoms with E-state index in [1.54, 1.807) is 12.3 Å². The first-order chi connectivity index (χ1) is 9.24. The van der Waals surface area contributed by atoms with Crippen molar-refractivity contribution < 1.29 is 4.39 Å². The van der Waals surface area contributed by atoms with Crippen LogP contribution in [0.2, 0.25) is 0 Å². The Morgan fingerprint density at radius 3 is 3.05 bits per heavy atom. The second kappa shape index (κ2) is 4.72. The molecular weight excluding hydrogens is 241 g/mol. The standard InChI is InChI=1S/C15H14FN3/c1-10-5-6-13(16)11(7-10)8-17-14-3-2-4-15-12(14)9-18-19-15/h2-7,9,17H,8H2,1H3,(H,18,19). The molecule has 0 saturated carbocycles. The number of hydrogen-bond donors (Lipinski definition) is 2. The molecule has 19 heavy (non-hydrogen) atoms. The number of aromatic amines is 1. The molecule has 4 heteroatoms. The molecule has 96 valence electrons. The van der Waals surface area contributed by atoms with Crippen molar-refractivity contribution in [2.75, 3.05) is 5.32 Å². The largest absolute Gasteiger partial charge is 0.380 e. The molecule has 0 fully saturated rings. The number of halogens is 1. The monoisotopic (exact) mass is 255 g/mol. The van der Waals surface area contributed by atoms with Gasteiger partial charge in [-0.05, 0) is 25.1 Å². The van der Waals surface area contributed by atoms with Crippen LogP contribution in [0.5, 0.6) is 0 Å². The molecule has 0 amide bonds. The Morgan fingerprint density at radius 2 is 2.16 bits per heavy atom. The highest BCUT2D eigenvalue weighted by atomic mass is 19.1. The summed E-state index contributed by atoms with van der Waals surface area (Å²) < 4.78 is 13.7. The Bertz CT molecular complexity index is 718. The van der Waals surface area contributed by atoms with Crippen LogP contribution in [0.25, 0.3) is 10.9 Å². The maximum atomic E-state index is 13.7. The van der Waals surface area contributed by atoms with Gasteiger partial charge >= 0.3 is 0 Å². The smallest absolute Gasteiger partial charge is 0.128 e. The lowest BCUT2D eigenvalue weighted by Gasteiger charge is -2.09. The van der Waals surface area contributed by atoms with Gasteiger partial charge in [-0.25, -0.2) is 4.39 Å². The molecule has 0 aliphatic rings. The van der Waals surface area contributed by atoms with Crippen LogP contribution < -0.4 is 5.32 Å². The summed E-state index contributed by atoms with van der Waals surface area (Å²) in [4.78, 5) is 0. The average Bonchev–Trinajstić information content (AvgIpc) is 2.88. The van der Waals surface area contributed by atoms with Gasteiger partial charge in [0.05, 0.1) is 11.7 Å². The zero-order valence-corrected chi connectivity index (χ0v) is 10.6. The Balaban J connectivity index is 1.86. The summed E-state index contributed by atoms with van der Waals surface area (Å²) in [6.07, 6.45) is 1.77. The predicted molar refractivity (Wildman–Crippen MR) is 74.6 cm³/mol. The summed E-state index contributed by atoms with van der Waals surface area (Å²) in [5, 5.41) is 11.2. The number of hydrogen-bond acceptors (Lipinski definition) is 2. The zero-order chi connectivity index (χ0) is 13.2. The van der Waals surface area contributed by atoms with Gasteiger partial charge in [0.1, 0.15) is 5.82 Å². The fraction of sp³-hybridized carbons (Fsp3) is 0.133. The van der Waals surface area contributed by atoms with E-state index in [-0.39, 0.29) is 5.82 Å². The van der Waals surface area contributed by atoms with Gasteiger partial charge in [-0.15, -0.1) is 0 Å². The van der Waals surface area contributed by atoms with Crippen LogP contribution in [0.1, 0.15) is 11.1 Å². The van der Waals surface area contributed by atoms with E-state index in [1.165, 1.54) is 6.07 Å². The molecule has 3 nitrogen and oxygen atoms in total. The minimum atomic E-state index is -0.183. The van der Waals surface area contributed by atoms with Gasteiger partial charge in [0.25, 0.3) is 0 Å². The van der Waals surface area contributed by atoms with Gasteiger partial charge in [-0.3, -0.25) is 5.10 Å². The highest BCUT2D eigenvalue weighted by molar-refractivity contribution is 5.90. The molecule has 0 aliphatic heterocycles. The maximum absolute atomic E-state index is 13.7. The van der Waals surface area contributed by atoms with E-state index in [2.05, 4.69) is 15.5 Å². The summed E-state index contributed by atoms with van der Waals surface area (Å²) in [6.45, 7) is 2.41. The Morgan fingerprint density at radius 1 is 1.26 bits per heavy atom. The van der Waals surface area contributed by atoms with Crippen LogP contribution in [-0.4, -0.2) is 10.2 Å². The van der Waals surface area contributed by atoms with Crippen LogP contribution in [0.15, 0.2) is 42.6 Å². The molecule has 1 heterocycles. The molecule has 0 aliphatic carbocycles. The topological polar surface area (TPSA) is 40.7 Å². The van der Waals surface area contributed by atoms with Crippen LogP contribution in [-0.2, 0) is 6.54 Å². The van der Waals surface area contributed by atoms with Crippen molar-refractivity contribution >= 4 is 16.6 Å². The number of aromatic nitrogens is 2. The lowest BCUT2D eigenvalue weighted by molar-refractivity contribution is 0.612. The Kier molecular flexibility index (Phi) is 2.91. The van der Waals surface area contributed by atoms with Gasteiger partial charge in [-0.1, -0.05) is 23.8 Å². The average molecular weight is 255 g/mol. The number of nitrogens with one attached hydrogen (secondary N) is 2. The lowest BCUT2D eigenvalue weighted by atomic mass is 10.1. The number of aryl methyl sites for hydroxylation is 1. The van der Waals surface area contributed by atoms with E-state index in [0.29, 0.717) is 12.1 Å². The van der Waals surface area contributed by atoms with Gasteiger partial charge in [0, 0.05) is 23.2 Å². The fourth-order valence-corrected chi connectivity index (χ4v) is 2.15. The minimum absolute atomic E-state index is 0.183. The van der Waals surface area contributed by atoms with E-state index in [0.717, 1.165) is 22.2 Å². The third-order valence-corrected chi connectivity index (χ3v) is 3.16. The summed E-state index contributed by atoms with van der Waals surface area (Å²) in [5.41, 5.74) is 3.64. The van der Waals surface area contributed by atoms with Crippen molar-refractivity contribution in [2.45, 2.75) is 13.5 Å². The van der Waals surface area contributed by atoms with E-state index >= 15 is 0 Å². The van der Waals surface area contributed by atoms with Gasteiger partial charge < -0.3 is 5.32 Å². The molecule has 0 spiro atoms. The third-order valence-electron chi connectivity index (χ3n) is 3.16. The van der Waals surface area contributed by atoms with E-state index in [9.17, 15) is 4.39 Å². The third kappa shape index (κ3) is 2.29. The van der Waals surface area contributed by atoms with Crippen molar-refractivity contribution in [1.29, 1.82) is 0 Å². The molecule has 2 N–H and O–H groups in total. The molecule has 0 bridgehead atoms. The number of H-pyrrole nitrogens is 1. The maximum Gasteiger partial charge on any atom is 0.128 e. The highest BCUT2D eigenvalue weighted by Crippen LogP contribution is 2.22. The second-order valence-electron chi connectivity index (χ2n) is 4.59. The SMILES string of the molecule is Cc1ccc(F)c(CNc2cccc3[nH]ncc23)c1.